The summed E-state index contributed by atoms with van der Waals surface area (Å²) in [5.41, 5.74) is 0. The van der Waals surface area contributed by atoms with Crippen LogP contribution in [-0.4, -0.2) is 149 Å². The van der Waals surface area contributed by atoms with Crippen molar-refractivity contribution >= 4 is 24.2 Å². The first-order valence-electron chi connectivity index (χ1n) is 23.1. The Morgan fingerprint density at radius 1 is 0.391 bits per heavy atom. The highest BCUT2D eigenvalue weighted by Gasteiger charge is 2.43. The Balaban J connectivity index is 0.000000193. The molecule has 0 heterocycles. The Kier molecular flexibility index (Phi) is 18.1. The summed E-state index contributed by atoms with van der Waals surface area (Å²) in [4.78, 5) is 47.7. The van der Waals surface area contributed by atoms with Gasteiger partial charge in [-0.3, -0.25) is 9.59 Å². The van der Waals surface area contributed by atoms with Crippen molar-refractivity contribution in [3.63, 3.8) is 0 Å². The zero-order chi connectivity index (χ0) is 44.8. The average Bonchev–Trinajstić information content (AvgIpc) is 4.15. The number of aliphatic hydroxyl groups is 3. The minimum absolute atomic E-state index is 0.0496. The Labute approximate surface area is 374 Å². The summed E-state index contributed by atoms with van der Waals surface area (Å²) in [7, 11) is 0. The number of carbonyl (C=O) groups excluding carboxylic acids is 4. The quantitative estimate of drug-likeness (QED) is 0.0512. The summed E-state index contributed by atoms with van der Waals surface area (Å²) in [6, 6.07) is 0. The van der Waals surface area contributed by atoms with E-state index in [4.69, 9.17) is 47.4 Å². The van der Waals surface area contributed by atoms with Gasteiger partial charge in [-0.1, -0.05) is 48.6 Å². The zero-order valence-electron chi connectivity index (χ0n) is 36.5. The first kappa shape index (κ1) is 48.1. The number of carbonyl (C=O) groups is 4. The second-order valence-electron chi connectivity index (χ2n) is 18.4. The lowest BCUT2D eigenvalue weighted by molar-refractivity contribution is -0.154. The number of rotatable bonds is 25. The minimum atomic E-state index is -0.978. The maximum Gasteiger partial charge on any atom is 0.508 e. The second-order valence-corrected chi connectivity index (χ2v) is 18.4. The van der Waals surface area contributed by atoms with Crippen LogP contribution < -0.4 is 0 Å². The molecule has 0 aromatic rings. The summed E-state index contributed by atoms with van der Waals surface area (Å²) >= 11 is 0. The molecule has 0 amide bonds. The molecule has 14 unspecified atom stereocenters. The molecule has 4 saturated carbocycles. The summed E-state index contributed by atoms with van der Waals surface area (Å²) in [5, 5.41) is 29.8. The van der Waals surface area contributed by atoms with Gasteiger partial charge in [-0.25, -0.2) is 9.59 Å². The highest BCUT2D eigenvalue weighted by Crippen LogP contribution is 2.45. The van der Waals surface area contributed by atoms with Gasteiger partial charge in [0.2, 0.25) is 0 Å². The maximum absolute atomic E-state index is 12.2. The number of ether oxygens (including phenoxy) is 10. The smallest absolute Gasteiger partial charge is 0.463 e. The van der Waals surface area contributed by atoms with E-state index < -0.39 is 30.6 Å². The third-order valence-electron chi connectivity index (χ3n) is 13.4. The van der Waals surface area contributed by atoms with Crippen molar-refractivity contribution in [3.8, 4) is 0 Å². The van der Waals surface area contributed by atoms with E-state index in [9.17, 15) is 34.5 Å². The monoisotopic (exact) mass is 902 g/mol. The van der Waals surface area contributed by atoms with Crippen LogP contribution in [0.4, 0.5) is 9.59 Å². The maximum atomic E-state index is 12.2. The van der Waals surface area contributed by atoms with Crippen LogP contribution in [0.2, 0.25) is 0 Å². The number of aliphatic hydroxyl groups excluding tert-OH is 3. The van der Waals surface area contributed by atoms with Crippen LogP contribution in [0.3, 0.4) is 0 Å². The molecule has 14 atom stereocenters. The fraction of sp³-hybridized carbons (Fsp3) is 0.745. The molecular formula is C47H66O17. The van der Waals surface area contributed by atoms with Crippen LogP contribution in [0.5, 0.6) is 0 Å². The molecule has 0 saturated heterocycles. The lowest BCUT2D eigenvalue weighted by Gasteiger charge is -2.19. The van der Waals surface area contributed by atoms with E-state index in [1.807, 2.05) is 0 Å². The Bertz CT molecular complexity index is 1540. The van der Waals surface area contributed by atoms with Crippen molar-refractivity contribution in [1.29, 1.82) is 0 Å². The van der Waals surface area contributed by atoms with Gasteiger partial charge >= 0.3 is 24.2 Å². The minimum Gasteiger partial charge on any atom is -0.463 e. The molecule has 0 spiro atoms. The molecule has 4 fully saturated rings. The van der Waals surface area contributed by atoms with Gasteiger partial charge in [-0.05, 0) is 86.9 Å². The van der Waals surface area contributed by atoms with Gasteiger partial charge in [0.15, 0.2) is 0 Å². The molecule has 0 radical (unpaired) electrons. The molecule has 17 nitrogen and oxygen atoms in total. The molecule has 8 bridgehead atoms. The molecule has 8 aliphatic rings. The van der Waals surface area contributed by atoms with E-state index in [1.54, 1.807) is 0 Å². The van der Waals surface area contributed by atoms with Gasteiger partial charge in [-0.15, -0.1) is 0 Å². The molecule has 3 N–H and O–H groups in total. The van der Waals surface area contributed by atoms with Crippen LogP contribution in [0, 0.1) is 59.2 Å². The Morgan fingerprint density at radius 2 is 0.734 bits per heavy atom. The van der Waals surface area contributed by atoms with Crippen molar-refractivity contribution in [2.45, 2.75) is 81.9 Å². The summed E-state index contributed by atoms with van der Waals surface area (Å²) < 4.78 is 52.4. The third-order valence-corrected chi connectivity index (χ3v) is 13.4. The van der Waals surface area contributed by atoms with Gasteiger partial charge in [0.25, 0.3) is 0 Å². The van der Waals surface area contributed by atoms with Crippen LogP contribution in [0.15, 0.2) is 48.6 Å². The number of esters is 2. The number of allylic oxidation sites excluding steroid dienone is 6. The van der Waals surface area contributed by atoms with E-state index in [0.29, 0.717) is 48.7 Å². The molecular weight excluding hydrogens is 836 g/mol. The fourth-order valence-corrected chi connectivity index (χ4v) is 10.2. The predicted molar refractivity (Wildman–Crippen MR) is 224 cm³/mol. The summed E-state index contributed by atoms with van der Waals surface area (Å²) in [5.74, 6) is 2.46. The van der Waals surface area contributed by atoms with Crippen molar-refractivity contribution < 1.29 is 81.9 Å². The molecule has 356 valence electrons. The SMILES string of the molecule is O=C(OCC(O)COCC(O)COCC(O)COC(=O)C1CC2C=CC1C2)C1CC2C=CC1C2.O=C(OCCOCCOCCOC(=O)OC1CC2C=CC1C2)OC1CC2C=CC1C2. The first-order valence-corrected chi connectivity index (χ1v) is 23.1. The molecule has 0 aliphatic heterocycles. The topological polar surface area (TPSA) is 221 Å². The lowest BCUT2D eigenvalue weighted by atomic mass is 9.94. The first-order chi connectivity index (χ1) is 31.1. The molecule has 0 aromatic carbocycles. The molecule has 17 heteroatoms. The van der Waals surface area contributed by atoms with Crippen molar-refractivity contribution in [1.82, 2.24) is 0 Å². The van der Waals surface area contributed by atoms with Gasteiger partial charge in [0.05, 0.1) is 64.7 Å². The van der Waals surface area contributed by atoms with Gasteiger partial charge in [-0.2, -0.15) is 0 Å². The van der Waals surface area contributed by atoms with E-state index in [0.717, 1.165) is 51.4 Å². The van der Waals surface area contributed by atoms with Crippen LogP contribution in [-0.2, 0) is 57.0 Å². The highest BCUT2D eigenvalue weighted by molar-refractivity contribution is 5.74. The van der Waals surface area contributed by atoms with Gasteiger partial charge in [0.1, 0.15) is 56.9 Å². The summed E-state index contributed by atoms with van der Waals surface area (Å²) in [6.45, 7) is 0.927. The number of hydrogen-bond donors (Lipinski definition) is 3. The molecule has 8 rings (SSSR count). The largest absolute Gasteiger partial charge is 0.508 e. The lowest BCUT2D eigenvalue weighted by Crippen LogP contribution is -2.31. The van der Waals surface area contributed by atoms with Crippen LogP contribution >= 0.6 is 0 Å². The Morgan fingerprint density at radius 3 is 1.06 bits per heavy atom. The van der Waals surface area contributed by atoms with E-state index in [2.05, 4.69) is 48.6 Å². The average molecular weight is 903 g/mol. The van der Waals surface area contributed by atoms with Crippen molar-refractivity contribution in [3.05, 3.63) is 48.6 Å². The number of fused-ring (bicyclic) bond motifs is 8. The van der Waals surface area contributed by atoms with E-state index in [-0.39, 0.29) is 114 Å². The van der Waals surface area contributed by atoms with Gasteiger partial charge < -0.3 is 62.7 Å². The Hall–Kier alpha value is -3.84. The van der Waals surface area contributed by atoms with Gasteiger partial charge in [0, 0.05) is 11.8 Å². The van der Waals surface area contributed by atoms with Crippen molar-refractivity contribution in [2.24, 2.45) is 59.2 Å². The zero-order valence-corrected chi connectivity index (χ0v) is 36.5. The predicted octanol–water partition coefficient (Wildman–Crippen LogP) is 3.87. The van der Waals surface area contributed by atoms with Crippen molar-refractivity contribution in [2.75, 3.05) is 79.3 Å². The normalized spacial score (nSPS) is 32.9. The molecule has 64 heavy (non-hydrogen) atoms. The van der Waals surface area contributed by atoms with Crippen LogP contribution in [0.1, 0.15) is 51.4 Å². The fourth-order valence-electron chi connectivity index (χ4n) is 10.2. The third kappa shape index (κ3) is 14.3. The summed E-state index contributed by atoms with van der Waals surface area (Å²) in [6.07, 6.45) is 20.4. The standard InChI is InChI=1S/C25H36O9.C22H30O8/c26-19(9-31-11-20(27)13-33-24(29)22-7-15-1-3-17(22)5-15)10-32-12-21(28)14-34-25(30)23-8-16-2-4-18(23)6-16;23-21(29-19-13-15-1-3-17(19)11-15)27-9-7-25-5-6-26-8-10-28-22(24)30-20-14-16-2-4-18(20)12-16/h1-4,15-23,26-28H,5-14H2;1-4,15-20H,5-14H2. The second kappa shape index (κ2) is 24.1. The highest BCUT2D eigenvalue weighted by atomic mass is 16.7. The molecule has 8 aliphatic carbocycles. The molecule has 0 aromatic heterocycles. The van der Waals surface area contributed by atoms with E-state index in [1.165, 1.54) is 0 Å². The number of hydrogen-bond acceptors (Lipinski definition) is 17. The van der Waals surface area contributed by atoms with E-state index >= 15 is 0 Å². The van der Waals surface area contributed by atoms with Crippen LogP contribution in [0.25, 0.3) is 0 Å².